The van der Waals surface area contributed by atoms with Crippen molar-refractivity contribution < 1.29 is 0 Å². The second-order valence-corrected chi connectivity index (χ2v) is 21.7. The molecule has 0 radical (unpaired) electrons. The van der Waals surface area contributed by atoms with Crippen LogP contribution < -0.4 is 9.80 Å². The minimum absolute atomic E-state index is 0.570. The van der Waals surface area contributed by atoms with E-state index >= 15 is 0 Å². The number of nitrogens with zero attached hydrogens (tertiary/aromatic N) is 2. The van der Waals surface area contributed by atoms with Gasteiger partial charge >= 0.3 is 0 Å². The quantitative estimate of drug-likeness (QED) is 0.157. The molecule has 360 valence electrons. The van der Waals surface area contributed by atoms with Gasteiger partial charge in [0.25, 0.3) is 0 Å². The molecule has 0 N–H and O–H groups in total. The molecule has 0 saturated heterocycles. The fraction of sp³-hybridized carbons (Fsp3) is 0.0270. The zero-order valence-corrected chi connectivity index (χ0v) is 42.8. The maximum Gasteiger partial charge on any atom is 0.0755 e. The van der Waals surface area contributed by atoms with Crippen molar-refractivity contribution in [3.8, 4) is 33.4 Å². The Balaban J connectivity index is 0.958. The molecule has 2 heterocycles. The van der Waals surface area contributed by atoms with Crippen LogP contribution in [-0.4, -0.2) is 0 Å². The van der Waals surface area contributed by atoms with Crippen molar-refractivity contribution in [1.29, 1.82) is 0 Å². The van der Waals surface area contributed by atoms with E-state index in [-0.39, 0.29) is 0 Å². The van der Waals surface area contributed by atoms with E-state index in [1.807, 2.05) is 11.3 Å². The number of fused-ring (bicyclic) bond motifs is 15. The van der Waals surface area contributed by atoms with Gasteiger partial charge in [0.1, 0.15) is 0 Å². The van der Waals surface area contributed by atoms with Gasteiger partial charge in [0.15, 0.2) is 0 Å². The molecule has 0 unspecified atom stereocenters. The van der Waals surface area contributed by atoms with Crippen LogP contribution in [0.5, 0.6) is 0 Å². The highest BCUT2D eigenvalue weighted by Crippen LogP contribution is 2.66. The molecular weight excluding hydrogens is 949 g/mol. The third-order valence-corrected chi connectivity index (χ3v) is 18.1. The van der Waals surface area contributed by atoms with Crippen LogP contribution in [0.3, 0.4) is 0 Å². The molecule has 1 aliphatic heterocycles. The number of hydrogen-bond donors (Lipinski definition) is 0. The van der Waals surface area contributed by atoms with Crippen molar-refractivity contribution in [2.75, 3.05) is 9.80 Å². The Morgan fingerprint density at radius 2 is 0.831 bits per heavy atom. The molecule has 0 bridgehead atoms. The molecule has 3 heteroatoms. The van der Waals surface area contributed by atoms with Crippen molar-refractivity contribution in [2.45, 2.75) is 10.8 Å². The van der Waals surface area contributed by atoms with Crippen LogP contribution in [0.4, 0.5) is 34.1 Å². The fourth-order valence-corrected chi connectivity index (χ4v) is 15.0. The van der Waals surface area contributed by atoms with E-state index in [9.17, 15) is 0 Å². The predicted octanol–water partition coefficient (Wildman–Crippen LogP) is 19.7. The highest BCUT2D eigenvalue weighted by Gasteiger charge is 2.53. The molecule has 16 rings (SSSR count). The summed E-state index contributed by atoms with van der Waals surface area (Å²) >= 11 is 1.86. The van der Waals surface area contributed by atoms with E-state index in [1.165, 1.54) is 109 Å². The van der Waals surface area contributed by atoms with Crippen LogP contribution in [0.2, 0.25) is 0 Å². The van der Waals surface area contributed by atoms with Gasteiger partial charge in [-0.2, -0.15) is 0 Å². The minimum atomic E-state index is -0.615. The molecule has 13 aromatic rings. The molecule has 2 aliphatic carbocycles. The molecule has 3 aliphatic rings. The lowest BCUT2D eigenvalue weighted by Gasteiger charge is -2.45. The topological polar surface area (TPSA) is 6.48 Å². The Labute approximate surface area is 452 Å². The molecule has 1 spiro atoms. The van der Waals surface area contributed by atoms with Crippen molar-refractivity contribution in [3.05, 3.63) is 336 Å². The minimum Gasteiger partial charge on any atom is -0.310 e. The van der Waals surface area contributed by atoms with Gasteiger partial charge in [-0.15, -0.1) is 11.3 Å². The Morgan fingerprint density at radius 3 is 1.53 bits per heavy atom. The van der Waals surface area contributed by atoms with E-state index in [1.54, 1.807) is 0 Å². The summed E-state index contributed by atoms with van der Waals surface area (Å²) in [4.78, 5) is 5.01. The average Bonchev–Trinajstić information content (AvgIpc) is 3.90. The molecule has 1 aromatic heterocycles. The monoisotopic (exact) mass is 996 g/mol. The third kappa shape index (κ3) is 6.18. The van der Waals surface area contributed by atoms with Crippen molar-refractivity contribution in [2.24, 2.45) is 0 Å². The van der Waals surface area contributed by atoms with Gasteiger partial charge in [0.2, 0.25) is 0 Å². The maximum absolute atomic E-state index is 2.55. The van der Waals surface area contributed by atoms with E-state index < -0.39 is 10.8 Å². The lowest BCUT2D eigenvalue weighted by atomic mass is 9.64. The van der Waals surface area contributed by atoms with E-state index in [2.05, 4.69) is 301 Å². The van der Waals surface area contributed by atoms with Crippen molar-refractivity contribution >= 4 is 65.6 Å². The Bertz CT molecular complexity index is 4370. The molecule has 0 saturated carbocycles. The maximum atomic E-state index is 2.55. The summed E-state index contributed by atoms with van der Waals surface area (Å²) in [6.45, 7) is 0. The van der Waals surface area contributed by atoms with E-state index in [0.29, 0.717) is 0 Å². The summed E-state index contributed by atoms with van der Waals surface area (Å²) in [5.41, 5.74) is 23.2. The Kier molecular flexibility index (Phi) is 9.67. The smallest absolute Gasteiger partial charge is 0.0755 e. The number of thiophene rings is 1. The molecule has 0 atom stereocenters. The molecule has 0 fully saturated rings. The van der Waals surface area contributed by atoms with Crippen LogP contribution in [0.15, 0.2) is 291 Å². The van der Waals surface area contributed by atoms with E-state index in [0.717, 1.165) is 22.7 Å². The summed E-state index contributed by atoms with van der Waals surface area (Å²) in [6.07, 6.45) is 0. The summed E-state index contributed by atoms with van der Waals surface area (Å²) in [7, 11) is 0. The standard InChI is InChI=1S/C74H48N2S/c1-4-21-51(22-5-1)73(52-23-6-2-7-24-52)61-30-13-10-27-56(61)57-45-44-55(48-66(57)73)75(54-42-39-49(40-43-54)50-41-46-71-60(47-50)58-28-12-19-38-70(58)77-71)69-37-20-34-65-72(69)59-29-11-14-31-62(59)74(65)63-32-15-17-35-67(63)76(53-25-8-3-9-26-53)68-36-18-16-33-64(68)74/h1-48H. The SMILES string of the molecule is c1ccc(N2c3ccccc3C3(c4ccccc4-c4c(N(c5ccc(-c6ccc7sc8ccccc8c7c6)cc5)c5ccc6c(c5)C(c5ccccc5)(c5ccccc5)c5ccccc5-6)cccc43)c3ccccc32)cc1. The van der Waals surface area contributed by atoms with Gasteiger partial charge in [-0.25, -0.2) is 0 Å². The van der Waals surface area contributed by atoms with Gasteiger partial charge in [0.05, 0.1) is 27.9 Å². The highest BCUT2D eigenvalue weighted by atomic mass is 32.1. The van der Waals surface area contributed by atoms with Gasteiger partial charge in [-0.3, -0.25) is 0 Å². The summed E-state index contributed by atoms with van der Waals surface area (Å²) in [5, 5.41) is 2.61. The van der Waals surface area contributed by atoms with Crippen LogP contribution >= 0.6 is 11.3 Å². The first-order chi connectivity index (χ1) is 38.2. The highest BCUT2D eigenvalue weighted by molar-refractivity contribution is 7.25. The molecule has 77 heavy (non-hydrogen) atoms. The lowest BCUT2D eigenvalue weighted by Crippen LogP contribution is -2.36. The van der Waals surface area contributed by atoms with Gasteiger partial charge < -0.3 is 9.80 Å². The first-order valence-electron chi connectivity index (χ1n) is 26.7. The van der Waals surface area contributed by atoms with Gasteiger partial charge in [0, 0.05) is 42.8 Å². The van der Waals surface area contributed by atoms with Crippen LogP contribution in [-0.2, 0) is 10.8 Å². The van der Waals surface area contributed by atoms with Crippen molar-refractivity contribution in [3.63, 3.8) is 0 Å². The fourth-order valence-electron chi connectivity index (χ4n) is 13.9. The van der Waals surface area contributed by atoms with Crippen LogP contribution in [0.1, 0.15) is 44.5 Å². The van der Waals surface area contributed by atoms with E-state index in [4.69, 9.17) is 0 Å². The molecule has 12 aromatic carbocycles. The van der Waals surface area contributed by atoms with Crippen LogP contribution in [0.25, 0.3) is 53.6 Å². The third-order valence-electron chi connectivity index (χ3n) is 16.9. The number of benzene rings is 12. The number of rotatable bonds is 7. The second kappa shape index (κ2) is 17.0. The first kappa shape index (κ1) is 43.8. The lowest BCUT2D eigenvalue weighted by molar-refractivity contribution is 0.752. The molecule has 2 nitrogen and oxygen atoms in total. The first-order valence-corrected chi connectivity index (χ1v) is 27.5. The Morgan fingerprint density at radius 1 is 0.312 bits per heavy atom. The van der Waals surface area contributed by atoms with Gasteiger partial charge in [-0.05, 0) is 145 Å². The molecular formula is C74H48N2S. The molecule has 0 amide bonds. The Hall–Kier alpha value is -9.54. The number of para-hydroxylation sites is 3. The largest absolute Gasteiger partial charge is 0.310 e. The predicted molar refractivity (Wildman–Crippen MR) is 322 cm³/mol. The summed E-state index contributed by atoms with van der Waals surface area (Å²) < 4.78 is 2.63. The van der Waals surface area contributed by atoms with Crippen molar-refractivity contribution in [1.82, 2.24) is 0 Å². The average molecular weight is 997 g/mol. The zero-order valence-electron chi connectivity index (χ0n) is 42.0. The summed E-state index contributed by atoms with van der Waals surface area (Å²) in [5.74, 6) is 0. The number of anilines is 6. The van der Waals surface area contributed by atoms with Gasteiger partial charge in [-0.1, -0.05) is 218 Å². The summed E-state index contributed by atoms with van der Waals surface area (Å²) in [6, 6.07) is 109. The van der Waals surface area contributed by atoms with Crippen LogP contribution in [0, 0.1) is 0 Å². The second-order valence-electron chi connectivity index (χ2n) is 20.6. The zero-order chi connectivity index (χ0) is 50.7. The normalized spacial score (nSPS) is 13.9. The number of hydrogen-bond acceptors (Lipinski definition) is 3.